The van der Waals surface area contributed by atoms with Crippen molar-refractivity contribution >= 4 is 17.5 Å². The van der Waals surface area contributed by atoms with Gasteiger partial charge in [0.05, 0.1) is 25.9 Å². The van der Waals surface area contributed by atoms with Crippen LogP contribution >= 0.6 is 0 Å². The Morgan fingerprint density at radius 2 is 1.75 bits per heavy atom. The zero-order valence-corrected chi connectivity index (χ0v) is 20.2. The lowest BCUT2D eigenvalue weighted by molar-refractivity contribution is -0.137. The zero-order chi connectivity index (χ0) is 24.9. The first-order valence-electron chi connectivity index (χ1n) is 12.0. The molecule has 0 spiro atoms. The second-order valence-electron chi connectivity index (χ2n) is 8.70. The van der Waals surface area contributed by atoms with Gasteiger partial charge in [-0.2, -0.15) is 0 Å². The quantitative estimate of drug-likeness (QED) is 0.548. The fraction of sp³-hybridized carbons (Fsp3) is 0.286. The SMILES string of the molecule is COc1cc([C@H]2Nc3ccccc3C(=O)N2Cc2ccccc2)ccc1OCC(=O)N1CCOCC1. The number of anilines is 1. The Hall–Kier alpha value is -4.04. The van der Waals surface area contributed by atoms with E-state index < -0.39 is 6.17 Å². The van der Waals surface area contributed by atoms with Gasteiger partial charge in [0.25, 0.3) is 11.8 Å². The van der Waals surface area contributed by atoms with Crippen LogP contribution in [0.25, 0.3) is 0 Å². The minimum absolute atomic E-state index is 0.0476. The number of rotatable bonds is 7. The number of amides is 2. The Morgan fingerprint density at radius 1 is 1.00 bits per heavy atom. The number of carbonyl (C=O) groups is 2. The highest BCUT2D eigenvalue weighted by molar-refractivity contribution is 6.01. The van der Waals surface area contributed by atoms with Gasteiger partial charge in [0, 0.05) is 25.3 Å². The van der Waals surface area contributed by atoms with Crippen molar-refractivity contribution in [2.45, 2.75) is 12.7 Å². The summed E-state index contributed by atoms with van der Waals surface area (Å²) in [6.07, 6.45) is -0.412. The molecular formula is C28H29N3O5. The highest BCUT2D eigenvalue weighted by Gasteiger charge is 2.33. The second-order valence-corrected chi connectivity index (χ2v) is 8.70. The molecule has 2 heterocycles. The molecular weight excluding hydrogens is 458 g/mol. The molecule has 0 unspecified atom stereocenters. The van der Waals surface area contributed by atoms with Gasteiger partial charge < -0.3 is 29.3 Å². The molecule has 1 atom stereocenters. The van der Waals surface area contributed by atoms with Gasteiger partial charge in [-0.3, -0.25) is 9.59 Å². The van der Waals surface area contributed by atoms with E-state index in [0.717, 1.165) is 16.8 Å². The number of nitrogens with zero attached hydrogens (tertiary/aromatic N) is 2. The summed E-state index contributed by atoms with van der Waals surface area (Å²) in [7, 11) is 1.56. The van der Waals surface area contributed by atoms with Crippen molar-refractivity contribution < 1.29 is 23.8 Å². The molecule has 8 nitrogen and oxygen atoms in total. The van der Waals surface area contributed by atoms with Crippen LogP contribution in [0.4, 0.5) is 5.69 Å². The average Bonchev–Trinajstić information content (AvgIpc) is 2.94. The van der Waals surface area contributed by atoms with E-state index in [1.54, 1.807) is 18.1 Å². The third-order valence-corrected chi connectivity index (χ3v) is 6.44. The third kappa shape index (κ3) is 4.99. The lowest BCUT2D eigenvalue weighted by Crippen LogP contribution is -2.43. The summed E-state index contributed by atoms with van der Waals surface area (Å²) < 4.78 is 16.7. The lowest BCUT2D eigenvalue weighted by Gasteiger charge is -2.38. The van der Waals surface area contributed by atoms with E-state index in [1.165, 1.54) is 0 Å². The predicted octanol–water partition coefficient (Wildman–Crippen LogP) is 3.70. The van der Waals surface area contributed by atoms with Crippen molar-refractivity contribution in [3.63, 3.8) is 0 Å². The van der Waals surface area contributed by atoms with E-state index in [2.05, 4.69) is 5.32 Å². The molecule has 0 bridgehead atoms. The Kier molecular flexibility index (Phi) is 7.04. The van der Waals surface area contributed by atoms with E-state index in [0.29, 0.717) is 49.9 Å². The lowest BCUT2D eigenvalue weighted by atomic mass is 10.0. The van der Waals surface area contributed by atoms with E-state index >= 15 is 0 Å². The molecule has 0 radical (unpaired) electrons. The first-order chi connectivity index (χ1) is 17.6. The van der Waals surface area contributed by atoms with Gasteiger partial charge in [0.2, 0.25) is 0 Å². The number of hydrogen-bond acceptors (Lipinski definition) is 6. The van der Waals surface area contributed by atoms with Gasteiger partial charge in [0.1, 0.15) is 6.17 Å². The summed E-state index contributed by atoms with van der Waals surface area (Å²) in [6.45, 7) is 2.58. The van der Waals surface area contributed by atoms with Gasteiger partial charge in [0.15, 0.2) is 18.1 Å². The molecule has 1 saturated heterocycles. The summed E-state index contributed by atoms with van der Waals surface area (Å²) in [4.78, 5) is 29.6. The maximum atomic E-state index is 13.5. The summed E-state index contributed by atoms with van der Waals surface area (Å²) in [5.41, 5.74) is 3.30. The zero-order valence-electron chi connectivity index (χ0n) is 20.2. The molecule has 0 aromatic heterocycles. The van der Waals surface area contributed by atoms with Crippen molar-refractivity contribution in [2.75, 3.05) is 45.3 Å². The minimum atomic E-state index is -0.412. The Morgan fingerprint density at radius 3 is 2.53 bits per heavy atom. The molecule has 36 heavy (non-hydrogen) atoms. The fourth-order valence-corrected chi connectivity index (χ4v) is 4.52. The minimum Gasteiger partial charge on any atom is -0.493 e. The van der Waals surface area contributed by atoms with Gasteiger partial charge in [-0.15, -0.1) is 0 Å². The maximum absolute atomic E-state index is 13.5. The first-order valence-corrected chi connectivity index (χ1v) is 12.0. The monoisotopic (exact) mass is 487 g/mol. The van der Waals surface area contributed by atoms with Crippen LogP contribution in [0.2, 0.25) is 0 Å². The van der Waals surface area contributed by atoms with Crippen molar-refractivity contribution in [3.8, 4) is 11.5 Å². The van der Waals surface area contributed by atoms with Crippen molar-refractivity contribution in [3.05, 3.63) is 89.5 Å². The number of para-hydroxylation sites is 1. The number of nitrogens with one attached hydrogen (secondary N) is 1. The molecule has 1 N–H and O–H groups in total. The van der Waals surface area contributed by atoms with E-state index in [4.69, 9.17) is 14.2 Å². The third-order valence-electron chi connectivity index (χ3n) is 6.44. The maximum Gasteiger partial charge on any atom is 0.260 e. The number of hydrogen-bond donors (Lipinski definition) is 1. The average molecular weight is 488 g/mol. The molecule has 0 aliphatic carbocycles. The standard InChI is InChI=1S/C28H29N3O5/c1-34-25-17-21(11-12-24(25)36-19-26(32)30-13-15-35-16-14-30)27-29-23-10-6-5-9-22(23)28(33)31(27)18-20-7-3-2-4-8-20/h2-12,17,27,29H,13-16,18-19H2,1H3/t27-/m0/s1. The highest BCUT2D eigenvalue weighted by Crippen LogP contribution is 2.37. The van der Waals surface area contributed by atoms with Gasteiger partial charge in [-0.1, -0.05) is 48.5 Å². The Bertz CT molecular complexity index is 1230. The topological polar surface area (TPSA) is 80.3 Å². The van der Waals surface area contributed by atoms with E-state index in [1.807, 2.05) is 71.6 Å². The predicted molar refractivity (Wildman–Crippen MR) is 135 cm³/mol. The van der Waals surface area contributed by atoms with Gasteiger partial charge in [-0.05, 0) is 35.4 Å². The molecule has 186 valence electrons. The van der Waals surface area contributed by atoms with Gasteiger partial charge in [-0.25, -0.2) is 0 Å². The van der Waals surface area contributed by atoms with Crippen LogP contribution in [0.3, 0.4) is 0 Å². The number of fused-ring (bicyclic) bond motifs is 1. The molecule has 8 heteroatoms. The van der Waals surface area contributed by atoms with Crippen molar-refractivity contribution in [1.82, 2.24) is 9.80 Å². The van der Waals surface area contributed by atoms with Crippen LogP contribution in [0, 0.1) is 0 Å². The summed E-state index contributed by atoms with van der Waals surface area (Å²) >= 11 is 0. The molecule has 1 fully saturated rings. The molecule has 2 aliphatic rings. The second kappa shape index (κ2) is 10.7. The van der Waals surface area contributed by atoms with Crippen LogP contribution in [0.15, 0.2) is 72.8 Å². The van der Waals surface area contributed by atoms with E-state index in [-0.39, 0.29) is 18.4 Å². The first kappa shape index (κ1) is 23.7. The van der Waals surface area contributed by atoms with Crippen molar-refractivity contribution in [2.24, 2.45) is 0 Å². The number of benzene rings is 3. The number of morpholine rings is 1. The van der Waals surface area contributed by atoms with E-state index in [9.17, 15) is 9.59 Å². The molecule has 0 saturated carbocycles. The van der Waals surface area contributed by atoms with Crippen LogP contribution in [-0.2, 0) is 16.1 Å². The Labute approximate surface area is 210 Å². The molecule has 2 amide bonds. The van der Waals surface area contributed by atoms with Crippen LogP contribution in [0.1, 0.15) is 27.7 Å². The molecule has 3 aromatic rings. The summed E-state index contributed by atoms with van der Waals surface area (Å²) in [5.74, 6) is 0.832. The number of methoxy groups -OCH3 is 1. The normalized spacial score (nSPS) is 17.2. The summed E-state index contributed by atoms with van der Waals surface area (Å²) in [6, 6.07) is 23.0. The van der Waals surface area contributed by atoms with Crippen LogP contribution < -0.4 is 14.8 Å². The number of carbonyl (C=O) groups excluding carboxylic acids is 2. The smallest absolute Gasteiger partial charge is 0.260 e. The number of ether oxygens (including phenoxy) is 3. The van der Waals surface area contributed by atoms with Crippen LogP contribution in [0.5, 0.6) is 11.5 Å². The highest BCUT2D eigenvalue weighted by atomic mass is 16.5. The summed E-state index contributed by atoms with van der Waals surface area (Å²) in [5, 5.41) is 3.51. The fourth-order valence-electron chi connectivity index (χ4n) is 4.52. The Balaban J connectivity index is 1.39. The largest absolute Gasteiger partial charge is 0.493 e. The van der Waals surface area contributed by atoms with Crippen LogP contribution in [-0.4, -0.2) is 61.6 Å². The molecule has 3 aromatic carbocycles. The molecule has 2 aliphatic heterocycles. The van der Waals surface area contributed by atoms with Gasteiger partial charge >= 0.3 is 0 Å². The van der Waals surface area contributed by atoms with Crippen molar-refractivity contribution in [1.29, 1.82) is 0 Å². The molecule has 5 rings (SSSR count).